The Morgan fingerprint density at radius 2 is 1.83 bits per heavy atom. The Kier molecular flexibility index (Phi) is 11.3. The standard InChI is InChI=1S/C31H36N8O7S/c32-25(40)10-5-11-47-30-26(28(42)27(41)24(46-30)14-36-39-33)38-29(43)23(12-17-13-34-16-35-17)37-31(44)45-15-22-20-8-3-1-6-18(20)19-7-2-4-9-21(19)22/h1-4,6-9,13,16,22-24,26-28,30,41-42H,5,10-12,14-15H2,(H2,32,40)(H,34,35)(H,37,44)(H,38,43)/t23-,24+,26+,27-,28+,30+/m0/s1. The zero-order valence-corrected chi connectivity index (χ0v) is 26.1. The summed E-state index contributed by atoms with van der Waals surface area (Å²) < 4.78 is 11.6. The van der Waals surface area contributed by atoms with E-state index < -0.39 is 53.7 Å². The van der Waals surface area contributed by atoms with Crippen LogP contribution in [-0.4, -0.2) is 92.8 Å². The van der Waals surface area contributed by atoms with Crippen LogP contribution in [0.3, 0.4) is 0 Å². The van der Waals surface area contributed by atoms with Crippen molar-refractivity contribution in [1.82, 2.24) is 20.6 Å². The summed E-state index contributed by atoms with van der Waals surface area (Å²) >= 11 is 1.20. The summed E-state index contributed by atoms with van der Waals surface area (Å²) in [6.45, 7) is -0.213. The van der Waals surface area contributed by atoms with Crippen LogP contribution in [0.1, 0.15) is 35.6 Å². The van der Waals surface area contributed by atoms with Gasteiger partial charge in [0.15, 0.2) is 0 Å². The number of thioether (sulfide) groups is 1. The number of azide groups is 1. The molecule has 3 aromatic rings. The number of nitrogens with zero attached hydrogens (tertiary/aromatic N) is 4. The topological polar surface area (TPSA) is 238 Å². The Labute approximate surface area is 274 Å². The fourth-order valence-corrected chi connectivity index (χ4v) is 7.01. The van der Waals surface area contributed by atoms with E-state index in [4.69, 9.17) is 20.7 Å². The van der Waals surface area contributed by atoms with Crippen molar-refractivity contribution in [2.24, 2.45) is 10.8 Å². The van der Waals surface area contributed by atoms with E-state index in [1.54, 1.807) is 0 Å². The summed E-state index contributed by atoms with van der Waals surface area (Å²) in [4.78, 5) is 47.7. The molecule has 0 spiro atoms. The molecular formula is C31H36N8O7S. The van der Waals surface area contributed by atoms with Gasteiger partial charge in [-0.05, 0) is 40.0 Å². The number of aliphatic hydroxyl groups excluding tert-OH is 2. The van der Waals surface area contributed by atoms with Crippen LogP contribution < -0.4 is 16.4 Å². The average molecular weight is 665 g/mol. The van der Waals surface area contributed by atoms with E-state index >= 15 is 0 Å². The van der Waals surface area contributed by atoms with Crippen molar-refractivity contribution in [3.8, 4) is 11.1 Å². The van der Waals surface area contributed by atoms with Gasteiger partial charge in [0.2, 0.25) is 11.8 Å². The fourth-order valence-electron chi connectivity index (χ4n) is 5.81. The van der Waals surface area contributed by atoms with Crippen LogP contribution >= 0.6 is 11.8 Å². The molecule has 7 N–H and O–H groups in total. The first kappa shape index (κ1) is 33.8. The summed E-state index contributed by atoms with van der Waals surface area (Å²) in [5.74, 6) is -0.955. The molecule has 6 atom stereocenters. The lowest BCUT2D eigenvalue weighted by molar-refractivity contribution is -0.161. The van der Waals surface area contributed by atoms with Gasteiger partial charge in [-0.1, -0.05) is 53.6 Å². The first-order chi connectivity index (χ1) is 22.8. The van der Waals surface area contributed by atoms with E-state index in [1.807, 2.05) is 48.5 Å². The molecule has 3 amide bonds. The van der Waals surface area contributed by atoms with E-state index in [1.165, 1.54) is 24.3 Å². The fraction of sp³-hybridized carbons (Fsp3) is 0.419. The van der Waals surface area contributed by atoms with Gasteiger partial charge in [-0.2, -0.15) is 0 Å². The van der Waals surface area contributed by atoms with Crippen LogP contribution in [0.5, 0.6) is 0 Å². The molecule has 2 aliphatic rings. The highest BCUT2D eigenvalue weighted by Gasteiger charge is 2.45. The highest BCUT2D eigenvalue weighted by Crippen LogP contribution is 2.44. The number of alkyl carbamates (subject to hydrolysis) is 1. The van der Waals surface area contributed by atoms with Crippen LogP contribution in [0.25, 0.3) is 21.6 Å². The van der Waals surface area contributed by atoms with Crippen LogP contribution in [-0.2, 0) is 25.5 Å². The van der Waals surface area contributed by atoms with Gasteiger partial charge in [0.1, 0.15) is 30.3 Å². The first-order valence-corrected chi connectivity index (χ1v) is 16.1. The SMILES string of the molecule is [N-]=[N+]=NC[C@H]1O[C@H](SCCCC(N)=O)[C@H](NC(=O)[C@H](Cc2cnc[nH]2)NC(=O)OCC2c3ccccc3-c3ccccc32)[C@@H](O)[C@H]1O. The molecule has 1 saturated heterocycles. The van der Waals surface area contributed by atoms with Crippen LogP contribution in [0.2, 0.25) is 0 Å². The van der Waals surface area contributed by atoms with Gasteiger partial charge in [0.05, 0.1) is 25.0 Å². The van der Waals surface area contributed by atoms with Gasteiger partial charge < -0.3 is 41.0 Å². The number of imidazole rings is 1. The van der Waals surface area contributed by atoms with Gasteiger partial charge in [-0.15, -0.1) is 11.8 Å². The number of aliphatic hydroxyl groups is 2. The van der Waals surface area contributed by atoms with Crippen LogP contribution in [0.4, 0.5) is 4.79 Å². The number of hydrogen-bond donors (Lipinski definition) is 6. The minimum atomic E-state index is -1.51. The van der Waals surface area contributed by atoms with Crippen LogP contribution in [0, 0.1) is 0 Å². The number of nitrogens with two attached hydrogens (primary N) is 1. The molecular weight excluding hydrogens is 628 g/mol. The van der Waals surface area contributed by atoms with E-state index in [0.717, 1.165) is 22.3 Å². The molecule has 16 heteroatoms. The minimum Gasteiger partial charge on any atom is -0.449 e. The lowest BCUT2D eigenvalue weighted by atomic mass is 9.97. The largest absolute Gasteiger partial charge is 0.449 e. The molecule has 1 fully saturated rings. The maximum Gasteiger partial charge on any atom is 0.407 e. The second-order valence-corrected chi connectivity index (χ2v) is 12.4. The van der Waals surface area contributed by atoms with Gasteiger partial charge in [0, 0.05) is 35.6 Å². The number of H-pyrrole nitrogens is 1. The molecule has 0 radical (unpaired) electrons. The molecule has 248 valence electrons. The van der Waals surface area contributed by atoms with Crippen molar-refractivity contribution in [3.05, 3.63) is 88.3 Å². The Bertz CT molecular complexity index is 1560. The van der Waals surface area contributed by atoms with Gasteiger partial charge in [-0.3, -0.25) is 9.59 Å². The highest BCUT2D eigenvalue weighted by atomic mass is 32.2. The lowest BCUT2D eigenvalue weighted by Gasteiger charge is -2.43. The number of amides is 3. The van der Waals surface area contributed by atoms with Crippen molar-refractivity contribution in [2.45, 2.75) is 61.0 Å². The Morgan fingerprint density at radius 3 is 2.47 bits per heavy atom. The van der Waals surface area contributed by atoms with Crippen molar-refractivity contribution in [1.29, 1.82) is 0 Å². The predicted molar refractivity (Wildman–Crippen MR) is 172 cm³/mol. The monoisotopic (exact) mass is 664 g/mol. The summed E-state index contributed by atoms with van der Waals surface area (Å²) in [6.07, 6.45) is -1.36. The molecule has 2 aromatic carbocycles. The number of fused-ring (bicyclic) bond motifs is 3. The Balaban J connectivity index is 1.28. The number of carbonyl (C=O) groups excluding carboxylic acids is 3. The van der Waals surface area contributed by atoms with Crippen LogP contribution in [0.15, 0.2) is 66.2 Å². The average Bonchev–Trinajstić information content (AvgIpc) is 3.70. The van der Waals surface area contributed by atoms with E-state index in [0.29, 0.717) is 17.9 Å². The molecule has 1 aliphatic carbocycles. The maximum absolute atomic E-state index is 13.7. The normalized spacial score (nSPS) is 22.3. The molecule has 5 rings (SSSR count). The number of benzene rings is 2. The number of hydrogen-bond acceptors (Lipinski definition) is 10. The molecule has 2 heterocycles. The van der Waals surface area contributed by atoms with Crippen molar-refractivity contribution >= 4 is 29.7 Å². The second-order valence-electron chi connectivity index (χ2n) is 11.2. The summed E-state index contributed by atoms with van der Waals surface area (Å²) in [6, 6.07) is 13.6. The minimum absolute atomic E-state index is 0.0121. The first-order valence-electron chi connectivity index (χ1n) is 15.1. The number of aromatic nitrogens is 2. The Morgan fingerprint density at radius 1 is 1.13 bits per heavy atom. The summed E-state index contributed by atoms with van der Waals surface area (Å²) in [5.41, 5.74) is 17.9. The number of nitrogens with one attached hydrogen (secondary N) is 3. The van der Waals surface area contributed by atoms with Gasteiger partial charge in [0.25, 0.3) is 0 Å². The third-order valence-electron chi connectivity index (χ3n) is 8.12. The number of primary amides is 1. The number of aromatic amines is 1. The number of ether oxygens (including phenoxy) is 2. The number of carbonyl (C=O) groups is 3. The quantitative estimate of drug-likeness (QED) is 0.0639. The second kappa shape index (κ2) is 15.8. The molecule has 1 aliphatic heterocycles. The zero-order chi connectivity index (χ0) is 33.3. The molecule has 15 nitrogen and oxygen atoms in total. The van der Waals surface area contributed by atoms with Gasteiger partial charge >= 0.3 is 6.09 Å². The lowest BCUT2D eigenvalue weighted by Crippen LogP contribution is -2.65. The molecule has 0 unspecified atom stereocenters. The zero-order valence-electron chi connectivity index (χ0n) is 25.3. The smallest absolute Gasteiger partial charge is 0.407 e. The predicted octanol–water partition coefficient (Wildman–Crippen LogP) is 2.10. The van der Waals surface area contributed by atoms with E-state index in [9.17, 15) is 24.6 Å². The van der Waals surface area contributed by atoms with Crippen molar-refractivity contribution in [3.63, 3.8) is 0 Å². The van der Waals surface area contributed by atoms with E-state index in [-0.39, 0.29) is 31.9 Å². The molecule has 0 saturated carbocycles. The van der Waals surface area contributed by atoms with Crippen molar-refractivity contribution < 1.29 is 34.1 Å². The summed E-state index contributed by atoms with van der Waals surface area (Å²) in [5, 5.41) is 30.6. The Hall–Kier alpha value is -4.60. The third-order valence-corrected chi connectivity index (χ3v) is 9.37. The molecule has 0 bridgehead atoms. The van der Waals surface area contributed by atoms with E-state index in [2.05, 4.69) is 30.6 Å². The molecule has 1 aromatic heterocycles. The summed E-state index contributed by atoms with van der Waals surface area (Å²) in [7, 11) is 0. The number of rotatable bonds is 14. The third kappa shape index (κ3) is 8.22. The molecule has 47 heavy (non-hydrogen) atoms. The van der Waals surface area contributed by atoms with Crippen molar-refractivity contribution in [2.75, 3.05) is 18.9 Å². The van der Waals surface area contributed by atoms with Gasteiger partial charge in [-0.25, -0.2) is 9.78 Å². The highest BCUT2D eigenvalue weighted by molar-refractivity contribution is 7.99. The maximum atomic E-state index is 13.7.